The Bertz CT molecular complexity index is 4430. The van der Waals surface area contributed by atoms with Gasteiger partial charge in [-0.05, 0) is 89.8 Å². The minimum Gasteiger partial charge on any atom is -0.870 e. The number of H-pyrrole nitrogens is 2. The van der Waals surface area contributed by atoms with Crippen molar-refractivity contribution in [2.45, 2.75) is 24.5 Å². The van der Waals surface area contributed by atoms with E-state index >= 15 is 0 Å². The molecule has 0 radical (unpaired) electrons. The summed E-state index contributed by atoms with van der Waals surface area (Å²) in [4.78, 5) is 7.30. The zero-order valence-electron chi connectivity index (χ0n) is 41.4. The van der Waals surface area contributed by atoms with Crippen molar-refractivity contribution in [3.63, 3.8) is 0 Å². The molecule has 6 N–H and O–H groups in total. The molecule has 6 rings (SSSR count). The molecular formula is C35H26ClN12Na5O20S7. The Hall–Kier alpha value is -1.89. The van der Waals surface area contributed by atoms with Gasteiger partial charge in [-0.1, -0.05) is 5.75 Å². The molecular weight excluding hydrogens is 1280 g/mol. The van der Waals surface area contributed by atoms with Crippen molar-refractivity contribution in [3.8, 4) is 5.75 Å². The fourth-order valence-electron chi connectivity index (χ4n) is 6.07. The number of halogens is 1. The number of sulfone groups is 2. The number of hydrogen-bond acceptors (Lipinski definition) is 29. The number of aromatic amines is 2. The Morgan fingerprint density at radius 1 is 0.550 bits per heavy atom. The summed E-state index contributed by atoms with van der Waals surface area (Å²) in [6, 6.07) is 9.59. The molecule has 0 amide bonds. The summed E-state index contributed by atoms with van der Waals surface area (Å²) in [5.41, 5.74) is -1.09. The normalized spacial score (nSPS) is 12.8. The number of anilines is 1. The Balaban J connectivity index is 0.00000640. The van der Waals surface area contributed by atoms with Gasteiger partial charge in [0.05, 0.1) is 91.3 Å². The topological polar surface area (TPSA) is 555 Å². The minimum atomic E-state index is -5.74. The molecule has 0 bridgehead atoms. The van der Waals surface area contributed by atoms with Crippen LogP contribution in [0.3, 0.4) is 0 Å². The fourth-order valence-corrected chi connectivity index (χ4v) is 13.1. The van der Waals surface area contributed by atoms with Gasteiger partial charge in [-0.2, -0.15) is 23.6 Å². The van der Waals surface area contributed by atoms with Crippen molar-refractivity contribution < 1.29 is 235 Å². The zero-order chi connectivity index (χ0) is 55.9. The number of rotatable bonds is 18. The molecule has 45 heteroatoms. The first-order valence-electron chi connectivity index (χ1n) is 19.3. The van der Waals surface area contributed by atoms with Gasteiger partial charge >= 0.3 is 148 Å². The molecule has 0 aliphatic rings. The molecule has 80 heavy (non-hydrogen) atoms. The summed E-state index contributed by atoms with van der Waals surface area (Å²) in [5, 5.41) is 42.1. The van der Waals surface area contributed by atoms with Crippen molar-refractivity contribution in [2.24, 2.45) is 35.7 Å². The molecule has 0 atom stereocenters. The quantitative estimate of drug-likeness (QED) is 0.0231. The van der Waals surface area contributed by atoms with Crippen LogP contribution in [0.15, 0.2) is 133 Å². The number of azo groups is 3. The van der Waals surface area contributed by atoms with Gasteiger partial charge in [0.1, 0.15) is 42.2 Å². The molecule has 400 valence electrons. The van der Waals surface area contributed by atoms with E-state index in [0.29, 0.717) is 24.3 Å². The summed E-state index contributed by atoms with van der Waals surface area (Å²) >= 11 is 5.91. The average Bonchev–Trinajstić information content (AvgIpc) is 3.27. The van der Waals surface area contributed by atoms with Crippen molar-refractivity contribution in [2.75, 3.05) is 28.7 Å². The average molecular weight is 1310 g/mol. The van der Waals surface area contributed by atoms with Crippen LogP contribution in [0, 0.1) is 5.41 Å². The van der Waals surface area contributed by atoms with Crippen LogP contribution in [-0.4, -0.2) is 120 Å². The predicted octanol–water partition coefficient (Wildman–Crippen LogP) is -13.1. The smallest absolute Gasteiger partial charge is 0.870 e. The predicted molar refractivity (Wildman–Crippen MR) is 248 cm³/mol. The summed E-state index contributed by atoms with van der Waals surface area (Å²) in [7, 11) is -35.5. The minimum absolute atomic E-state index is 0. The number of nitrogens with two attached hydrogens (primary N) is 1. The number of nitrogens with zero attached hydrogens (tertiary/aromatic N) is 8. The van der Waals surface area contributed by atoms with E-state index < -0.39 is 185 Å². The Kier molecular flexibility index (Phi) is 28.0. The van der Waals surface area contributed by atoms with Gasteiger partial charge in [-0.3, -0.25) is 14.9 Å². The van der Waals surface area contributed by atoms with Crippen LogP contribution in [0.4, 0.5) is 45.5 Å². The molecule has 0 saturated carbocycles. The molecule has 0 aliphatic heterocycles. The first kappa shape index (κ1) is 76.1. The van der Waals surface area contributed by atoms with Crippen molar-refractivity contribution >= 4 is 138 Å². The number of nitrogens with one attached hydrogen (secondary N) is 3. The van der Waals surface area contributed by atoms with Crippen LogP contribution in [0.1, 0.15) is 0 Å². The molecule has 6 aromatic rings. The second kappa shape index (κ2) is 29.5. The zero-order valence-corrected chi connectivity index (χ0v) is 57.8. The Morgan fingerprint density at radius 3 is 1.43 bits per heavy atom. The van der Waals surface area contributed by atoms with E-state index in [-0.39, 0.29) is 159 Å². The molecule has 32 nitrogen and oxygen atoms in total. The number of hydrogen-bond donors (Lipinski definition) is 5. The van der Waals surface area contributed by atoms with Crippen LogP contribution in [0.25, 0.3) is 10.8 Å². The van der Waals surface area contributed by atoms with E-state index in [1.807, 2.05) is 0 Å². The third-order valence-corrected chi connectivity index (χ3v) is 17.6. The van der Waals surface area contributed by atoms with Crippen LogP contribution in [0.5, 0.6) is 5.75 Å². The number of benzene rings is 5. The largest absolute Gasteiger partial charge is 1.00 e. The SMILES string of the molecule is N=c1nc(Cl)[nH]c(=Nc2cc(N=Nc3c(S(=O)(=O)O)cc4cc(S(=O)(=O)[O-])c(N=Nc5ccc(S(=O)(=O)CCS(=O)(=O)[O-])cc5)c(N)c4c3[O-])c(S(=O)(=O)[O-])cc2N=Nc2ccc(S(=O)(=O)CCS(=O)(=O)[O-])cc2)[nH]1.[Na+].[Na+].[Na+].[Na+].[Na+]. The first-order chi connectivity index (χ1) is 34.4. The number of aromatic nitrogens is 3. The Morgan fingerprint density at radius 2 is 0.988 bits per heavy atom. The Labute approximate surface area is 568 Å². The van der Waals surface area contributed by atoms with E-state index in [1.54, 1.807) is 0 Å². The monoisotopic (exact) mass is 1310 g/mol. The maximum absolute atomic E-state index is 14.2. The maximum Gasteiger partial charge on any atom is 1.00 e. The van der Waals surface area contributed by atoms with Gasteiger partial charge in [-0.25, -0.2) is 55.5 Å². The summed E-state index contributed by atoms with van der Waals surface area (Å²) in [6.45, 7) is 0. The van der Waals surface area contributed by atoms with E-state index in [4.69, 9.17) is 22.7 Å². The first-order valence-corrected chi connectivity index (χ1v) is 30.4. The van der Waals surface area contributed by atoms with Crippen LogP contribution in [0.2, 0.25) is 5.28 Å². The molecule has 0 saturated heterocycles. The third-order valence-electron chi connectivity index (χ3n) is 9.46. The van der Waals surface area contributed by atoms with E-state index in [1.165, 1.54) is 0 Å². The van der Waals surface area contributed by atoms with E-state index in [2.05, 4.69) is 50.6 Å². The molecule has 0 spiro atoms. The van der Waals surface area contributed by atoms with Gasteiger partial charge in [0, 0.05) is 5.39 Å². The molecule has 0 aliphatic carbocycles. The van der Waals surface area contributed by atoms with Crippen molar-refractivity contribution in [3.05, 3.63) is 89.3 Å². The maximum atomic E-state index is 14.2. The van der Waals surface area contributed by atoms with Crippen LogP contribution < -0.4 is 170 Å². The van der Waals surface area contributed by atoms with E-state index in [9.17, 15) is 86.8 Å². The van der Waals surface area contributed by atoms with Gasteiger partial charge in [0.15, 0.2) is 19.7 Å². The van der Waals surface area contributed by atoms with E-state index in [0.717, 1.165) is 48.5 Å². The van der Waals surface area contributed by atoms with Crippen molar-refractivity contribution in [1.82, 2.24) is 15.0 Å². The van der Waals surface area contributed by atoms with Crippen LogP contribution >= 0.6 is 11.6 Å². The number of fused-ring (bicyclic) bond motifs is 1. The second-order valence-corrected chi connectivity index (χ2v) is 26.4. The standard InChI is InChI=1S/C35H31ClN12O20S7.5Na/c36-33-40-34(38)42-35(41-33)39-22-15-24(25(73(60,61)62)16-23(22)45-43-18-1-5-20(6-2-18)69(50,51)9-11-71(54,55)56)46-48-31-27(75(66,67)68)14-17-13-26(74(63,64)65)30(29(37)28(17)32(31)49)47-44-19-3-7-21(8-4-19)70(52,53)10-12-72(57,58)59;;;;;/h1-8,13-16,49H,9-12,37H2,(H,54,55,56)(H,57,58,59)(H,60,61,62)(H,63,64,65)(H,66,67,68)(H3,38,39,40,41,42);;;;;/q;5*+1/p-5. The molecule has 0 unspecified atom stereocenters. The molecule has 1 aromatic heterocycles. The van der Waals surface area contributed by atoms with Crippen molar-refractivity contribution in [1.29, 1.82) is 5.41 Å². The van der Waals surface area contributed by atoms with Gasteiger partial charge in [-0.15, -0.1) is 20.5 Å². The number of nitrogen functional groups attached to an aromatic ring is 1. The van der Waals surface area contributed by atoms with Gasteiger partial charge in [0.2, 0.25) is 16.5 Å². The summed E-state index contributed by atoms with van der Waals surface area (Å²) in [5.74, 6) is -6.29. The second-order valence-electron chi connectivity index (χ2n) is 14.7. The van der Waals surface area contributed by atoms with Gasteiger partial charge in [0.25, 0.3) is 10.1 Å². The summed E-state index contributed by atoms with van der Waals surface area (Å²) in [6.07, 6.45) is 0. The molecule has 5 aromatic carbocycles. The third kappa shape index (κ3) is 20.4. The summed E-state index contributed by atoms with van der Waals surface area (Å²) < 4.78 is 227. The van der Waals surface area contributed by atoms with Crippen LogP contribution in [-0.2, 0) is 70.3 Å². The molecule has 0 fully saturated rings. The van der Waals surface area contributed by atoms with Gasteiger partial charge < -0.3 is 34.0 Å². The molecule has 1 heterocycles. The fraction of sp³-hybridized carbons (Fsp3) is 0.114.